The fourth-order valence-corrected chi connectivity index (χ4v) is 0.655. The number of aliphatic imine (C=N–C) groups is 1. The molecule has 0 saturated carbocycles. The van der Waals surface area contributed by atoms with Gasteiger partial charge < -0.3 is 4.74 Å². The molecule has 1 aliphatic heterocycles. The van der Waals surface area contributed by atoms with E-state index in [9.17, 15) is 4.79 Å². The Morgan fingerprint density at radius 3 is 2.90 bits per heavy atom. The fourth-order valence-electron chi connectivity index (χ4n) is 0.655. The van der Waals surface area contributed by atoms with Crippen molar-refractivity contribution in [3.05, 3.63) is 12.2 Å². The number of carbonyl (C=O) groups excluding carboxylic acids is 1. The third kappa shape index (κ3) is 1.43. The molecular formula is C7H9NO2. The first kappa shape index (κ1) is 6.99. The van der Waals surface area contributed by atoms with Crippen molar-refractivity contribution in [3.63, 3.8) is 0 Å². The van der Waals surface area contributed by atoms with Crippen LogP contribution < -0.4 is 0 Å². The molecule has 1 heterocycles. The number of amides is 1. The van der Waals surface area contributed by atoms with Crippen LogP contribution in [0.25, 0.3) is 0 Å². The molecule has 0 aromatic rings. The molecule has 1 aliphatic rings. The SMILES string of the molecule is C=C(C)C1=NC(=O)CCO1. The average molecular weight is 139 g/mol. The lowest BCUT2D eigenvalue weighted by atomic mass is 10.3. The first-order valence-corrected chi connectivity index (χ1v) is 3.10. The van der Waals surface area contributed by atoms with Crippen LogP contribution in [0.1, 0.15) is 13.3 Å². The van der Waals surface area contributed by atoms with Gasteiger partial charge in [0.2, 0.25) is 5.90 Å². The van der Waals surface area contributed by atoms with Crippen LogP contribution >= 0.6 is 0 Å². The molecule has 10 heavy (non-hydrogen) atoms. The maximum absolute atomic E-state index is 10.7. The Balaban J connectivity index is 2.75. The molecular weight excluding hydrogens is 130 g/mol. The molecule has 0 unspecified atom stereocenters. The Morgan fingerprint density at radius 2 is 2.50 bits per heavy atom. The molecule has 1 amide bonds. The summed E-state index contributed by atoms with van der Waals surface area (Å²) in [6, 6.07) is 0. The maximum Gasteiger partial charge on any atom is 0.252 e. The largest absolute Gasteiger partial charge is 0.477 e. The zero-order valence-electron chi connectivity index (χ0n) is 5.89. The van der Waals surface area contributed by atoms with Crippen molar-refractivity contribution in [2.45, 2.75) is 13.3 Å². The smallest absolute Gasteiger partial charge is 0.252 e. The van der Waals surface area contributed by atoms with E-state index in [0.29, 0.717) is 24.5 Å². The molecule has 0 saturated heterocycles. The molecule has 0 aromatic carbocycles. The Labute approximate surface area is 59.4 Å². The van der Waals surface area contributed by atoms with Gasteiger partial charge in [0.05, 0.1) is 13.0 Å². The third-order valence-electron chi connectivity index (χ3n) is 1.15. The van der Waals surface area contributed by atoms with Crippen LogP contribution in [0, 0.1) is 0 Å². The van der Waals surface area contributed by atoms with Crippen molar-refractivity contribution < 1.29 is 9.53 Å². The van der Waals surface area contributed by atoms with Crippen molar-refractivity contribution >= 4 is 11.8 Å². The van der Waals surface area contributed by atoms with Gasteiger partial charge >= 0.3 is 0 Å². The van der Waals surface area contributed by atoms with E-state index >= 15 is 0 Å². The van der Waals surface area contributed by atoms with E-state index in [1.54, 1.807) is 6.92 Å². The molecule has 0 spiro atoms. The minimum absolute atomic E-state index is 0.121. The molecule has 0 radical (unpaired) electrons. The van der Waals surface area contributed by atoms with Crippen LogP contribution in [-0.4, -0.2) is 18.4 Å². The quantitative estimate of drug-likeness (QED) is 0.541. The Morgan fingerprint density at radius 1 is 1.80 bits per heavy atom. The summed E-state index contributed by atoms with van der Waals surface area (Å²) in [5.74, 6) is 0.264. The first-order chi connectivity index (χ1) is 4.70. The highest BCUT2D eigenvalue weighted by molar-refractivity contribution is 6.01. The van der Waals surface area contributed by atoms with Crippen LogP contribution in [0.15, 0.2) is 17.1 Å². The van der Waals surface area contributed by atoms with Gasteiger partial charge in [0.1, 0.15) is 0 Å². The molecule has 0 atom stereocenters. The second-order valence-corrected chi connectivity index (χ2v) is 2.19. The Bertz CT molecular complexity index is 206. The van der Waals surface area contributed by atoms with Gasteiger partial charge in [-0.3, -0.25) is 4.79 Å². The summed E-state index contributed by atoms with van der Waals surface area (Å²) >= 11 is 0. The van der Waals surface area contributed by atoms with Crippen molar-refractivity contribution in [1.29, 1.82) is 0 Å². The Kier molecular flexibility index (Phi) is 1.85. The van der Waals surface area contributed by atoms with E-state index in [1.165, 1.54) is 0 Å². The normalized spacial score (nSPS) is 17.7. The molecule has 0 aliphatic carbocycles. The van der Waals surface area contributed by atoms with Gasteiger partial charge in [-0.1, -0.05) is 6.58 Å². The lowest BCUT2D eigenvalue weighted by molar-refractivity contribution is -0.119. The number of ether oxygens (including phenoxy) is 1. The summed E-state index contributed by atoms with van der Waals surface area (Å²) in [7, 11) is 0. The molecule has 0 aromatic heterocycles. The van der Waals surface area contributed by atoms with E-state index in [2.05, 4.69) is 11.6 Å². The summed E-state index contributed by atoms with van der Waals surface area (Å²) in [6.07, 6.45) is 0.386. The molecule has 3 nitrogen and oxygen atoms in total. The van der Waals surface area contributed by atoms with E-state index in [0.717, 1.165) is 0 Å². The third-order valence-corrected chi connectivity index (χ3v) is 1.15. The average Bonchev–Trinajstić information content (AvgIpc) is 1.88. The van der Waals surface area contributed by atoms with Crippen molar-refractivity contribution in [2.24, 2.45) is 4.99 Å². The second-order valence-electron chi connectivity index (χ2n) is 2.19. The van der Waals surface area contributed by atoms with E-state index in [4.69, 9.17) is 4.74 Å². The molecule has 54 valence electrons. The summed E-state index contributed by atoms with van der Waals surface area (Å²) in [4.78, 5) is 14.3. The summed E-state index contributed by atoms with van der Waals surface area (Å²) in [5.41, 5.74) is 0.702. The zero-order valence-corrected chi connectivity index (χ0v) is 5.89. The topological polar surface area (TPSA) is 38.7 Å². The monoisotopic (exact) mass is 139 g/mol. The van der Waals surface area contributed by atoms with Crippen LogP contribution in [0.2, 0.25) is 0 Å². The highest BCUT2D eigenvalue weighted by Crippen LogP contribution is 2.04. The molecule has 1 rings (SSSR count). The van der Waals surface area contributed by atoms with Gasteiger partial charge in [-0.2, -0.15) is 4.99 Å². The highest BCUT2D eigenvalue weighted by Gasteiger charge is 2.11. The first-order valence-electron chi connectivity index (χ1n) is 3.10. The summed E-state index contributed by atoms with van der Waals surface area (Å²) in [5, 5.41) is 0. The standard InChI is InChI=1S/C7H9NO2/c1-5(2)7-8-6(9)3-4-10-7/h1,3-4H2,2H3. The second kappa shape index (κ2) is 2.64. The molecule has 0 fully saturated rings. The van der Waals surface area contributed by atoms with Gasteiger partial charge in [0.15, 0.2) is 0 Å². The number of rotatable bonds is 1. The fraction of sp³-hybridized carbons (Fsp3) is 0.429. The lowest BCUT2D eigenvalue weighted by Gasteiger charge is -2.11. The van der Waals surface area contributed by atoms with E-state index in [-0.39, 0.29) is 5.91 Å². The lowest BCUT2D eigenvalue weighted by Crippen LogP contribution is -2.17. The van der Waals surface area contributed by atoms with Gasteiger partial charge in [0, 0.05) is 5.57 Å². The predicted octanol–water partition coefficient (Wildman–Crippen LogP) is 0.908. The van der Waals surface area contributed by atoms with Gasteiger partial charge in [-0.05, 0) is 6.92 Å². The van der Waals surface area contributed by atoms with Gasteiger partial charge in [-0.25, -0.2) is 0 Å². The minimum atomic E-state index is -0.121. The van der Waals surface area contributed by atoms with Crippen LogP contribution in [0.3, 0.4) is 0 Å². The van der Waals surface area contributed by atoms with E-state index < -0.39 is 0 Å². The number of hydrogen-bond donors (Lipinski definition) is 0. The number of nitrogens with zero attached hydrogens (tertiary/aromatic N) is 1. The predicted molar refractivity (Wildman–Crippen MR) is 37.8 cm³/mol. The minimum Gasteiger partial charge on any atom is -0.477 e. The van der Waals surface area contributed by atoms with Crippen molar-refractivity contribution in [1.82, 2.24) is 0 Å². The molecule has 3 heteroatoms. The van der Waals surface area contributed by atoms with Crippen LogP contribution in [-0.2, 0) is 9.53 Å². The van der Waals surface area contributed by atoms with Crippen LogP contribution in [0.4, 0.5) is 0 Å². The van der Waals surface area contributed by atoms with Crippen molar-refractivity contribution in [3.8, 4) is 0 Å². The maximum atomic E-state index is 10.7. The summed E-state index contributed by atoms with van der Waals surface area (Å²) < 4.78 is 5.04. The Hall–Kier alpha value is -1.12. The zero-order chi connectivity index (χ0) is 7.56. The number of hydrogen-bond acceptors (Lipinski definition) is 2. The van der Waals surface area contributed by atoms with Gasteiger partial charge in [-0.15, -0.1) is 0 Å². The van der Waals surface area contributed by atoms with Crippen LogP contribution in [0.5, 0.6) is 0 Å². The molecule has 0 N–H and O–H groups in total. The van der Waals surface area contributed by atoms with Crippen molar-refractivity contribution in [2.75, 3.05) is 6.61 Å². The van der Waals surface area contributed by atoms with E-state index in [1.807, 2.05) is 0 Å². The molecule has 0 bridgehead atoms. The summed E-state index contributed by atoms with van der Waals surface area (Å²) in [6.45, 7) is 5.80. The van der Waals surface area contributed by atoms with Gasteiger partial charge in [0.25, 0.3) is 5.91 Å². The number of carbonyl (C=O) groups is 1. The highest BCUT2D eigenvalue weighted by atomic mass is 16.5.